The molecule has 0 spiro atoms. The number of amides is 3. The van der Waals surface area contributed by atoms with E-state index in [0.29, 0.717) is 12.8 Å². The summed E-state index contributed by atoms with van der Waals surface area (Å²) in [7, 11) is 3.26. The number of carbonyl (C=O) groups is 3. The number of likely N-dealkylation sites (N-methyl/N-ethyl adjacent to an activating group) is 2. The van der Waals surface area contributed by atoms with Gasteiger partial charge in [-0.25, -0.2) is 0 Å². The zero-order valence-electron chi connectivity index (χ0n) is 28.7. The predicted octanol–water partition coefficient (Wildman–Crippen LogP) is 5.45. The van der Waals surface area contributed by atoms with E-state index in [4.69, 9.17) is 5.73 Å². The Balaban J connectivity index is 1.92. The number of rotatable bonds is 17. The summed E-state index contributed by atoms with van der Waals surface area (Å²) in [6.45, 7) is 7.95. The zero-order chi connectivity index (χ0) is 34.6. The van der Waals surface area contributed by atoms with Gasteiger partial charge in [-0.3, -0.25) is 14.4 Å². The van der Waals surface area contributed by atoms with Crippen LogP contribution in [0.25, 0.3) is 11.1 Å². The normalized spacial score (nSPS) is 13.3. The van der Waals surface area contributed by atoms with Crippen LogP contribution in [-0.4, -0.2) is 77.5 Å². The molecular formula is C38H52N4O4S. The molecule has 1 aromatic heterocycles. The molecule has 8 nitrogen and oxygen atoms in total. The highest BCUT2D eigenvalue weighted by atomic mass is 32.1. The molecule has 3 rings (SSSR count). The van der Waals surface area contributed by atoms with Gasteiger partial charge in [0.2, 0.25) is 17.7 Å². The van der Waals surface area contributed by atoms with Crippen LogP contribution in [0.4, 0.5) is 0 Å². The van der Waals surface area contributed by atoms with Gasteiger partial charge >= 0.3 is 0 Å². The monoisotopic (exact) mass is 660 g/mol. The molecule has 3 aromatic rings. The van der Waals surface area contributed by atoms with Gasteiger partial charge in [0.25, 0.3) is 0 Å². The van der Waals surface area contributed by atoms with Gasteiger partial charge < -0.3 is 26.0 Å². The number of benzene rings is 2. The first kappa shape index (κ1) is 37.7. The number of nitrogens with zero attached hydrogens (tertiary/aromatic N) is 2. The van der Waals surface area contributed by atoms with E-state index < -0.39 is 23.0 Å². The van der Waals surface area contributed by atoms with Crippen molar-refractivity contribution in [1.29, 1.82) is 0 Å². The number of carbonyl (C=O) groups excluding carboxylic acids is 3. The minimum Gasteiger partial charge on any atom is -0.396 e. The number of aliphatic hydroxyl groups excluding tert-OH is 1. The third kappa shape index (κ3) is 10.9. The van der Waals surface area contributed by atoms with Crippen LogP contribution in [0.3, 0.4) is 0 Å². The summed E-state index contributed by atoms with van der Waals surface area (Å²) < 4.78 is 0. The Bertz CT molecular complexity index is 1450. The summed E-state index contributed by atoms with van der Waals surface area (Å²) in [5.74, 6) is -0.958. The summed E-state index contributed by atoms with van der Waals surface area (Å²) in [6.07, 6.45) is 6.00. The maximum absolute atomic E-state index is 14.4. The van der Waals surface area contributed by atoms with Crippen LogP contribution in [0, 0.1) is 5.41 Å². The van der Waals surface area contributed by atoms with E-state index >= 15 is 0 Å². The van der Waals surface area contributed by atoms with Crippen molar-refractivity contribution in [3.8, 4) is 11.1 Å². The molecule has 0 saturated carbocycles. The van der Waals surface area contributed by atoms with E-state index in [0.717, 1.165) is 34.4 Å². The van der Waals surface area contributed by atoms with Crippen LogP contribution in [0.5, 0.6) is 0 Å². The Labute approximate surface area is 284 Å². The lowest BCUT2D eigenvalue weighted by molar-refractivity contribution is -0.146. The number of nitrogens with two attached hydrogens (primary N) is 1. The second-order valence-corrected chi connectivity index (χ2v) is 14.2. The van der Waals surface area contributed by atoms with Crippen molar-refractivity contribution in [1.82, 2.24) is 15.1 Å². The smallest absolute Gasteiger partial charge is 0.246 e. The first-order valence-electron chi connectivity index (χ1n) is 16.4. The third-order valence-corrected chi connectivity index (χ3v) is 9.94. The molecule has 9 heteroatoms. The van der Waals surface area contributed by atoms with Gasteiger partial charge in [-0.1, -0.05) is 94.4 Å². The molecule has 2 aromatic carbocycles. The molecule has 0 radical (unpaired) electrons. The summed E-state index contributed by atoms with van der Waals surface area (Å²) in [5, 5.41) is 14.6. The maximum Gasteiger partial charge on any atom is 0.246 e. The lowest BCUT2D eigenvalue weighted by Crippen LogP contribution is -2.56. The molecule has 254 valence electrons. The lowest BCUT2D eigenvalue weighted by atomic mass is 9.90. The highest BCUT2D eigenvalue weighted by molar-refractivity contribution is 7.09. The van der Waals surface area contributed by atoms with Gasteiger partial charge in [0.1, 0.15) is 12.1 Å². The Morgan fingerprint density at radius 3 is 2.11 bits per heavy atom. The van der Waals surface area contributed by atoms with Crippen LogP contribution < -0.4 is 11.1 Å². The minimum absolute atomic E-state index is 0.0923. The lowest BCUT2D eigenvalue weighted by Gasteiger charge is -2.34. The van der Waals surface area contributed by atoms with Gasteiger partial charge in [0.05, 0.1) is 0 Å². The average Bonchev–Trinajstić information content (AvgIpc) is 3.61. The number of aliphatic hydroxyl groups is 1. The molecule has 0 aliphatic carbocycles. The van der Waals surface area contributed by atoms with Crippen molar-refractivity contribution < 1.29 is 19.5 Å². The molecule has 47 heavy (non-hydrogen) atoms. The summed E-state index contributed by atoms with van der Waals surface area (Å²) in [4.78, 5) is 45.5. The largest absolute Gasteiger partial charge is 0.396 e. The fraction of sp³-hybridized carbons (Fsp3) is 0.447. The number of hydrogen-bond donors (Lipinski definition) is 3. The third-order valence-electron chi connectivity index (χ3n) is 9.04. The molecule has 0 unspecified atom stereocenters. The topological polar surface area (TPSA) is 116 Å². The highest BCUT2D eigenvalue weighted by Crippen LogP contribution is 2.23. The first-order valence-corrected chi connectivity index (χ1v) is 17.2. The molecule has 3 amide bonds. The first-order chi connectivity index (χ1) is 22.3. The molecule has 0 saturated heterocycles. The quantitative estimate of drug-likeness (QED) is 0.167. The van der Waals surface area contributed by atoms with Crippen molar-refractivity contribution >= 4 is 29.1 Å². The zero-order valence-corrected chi connectivity index (χ0v) is 29.6. The second-order valence-electron chi connectivity index (χ2n) is 13.2. The standard InChI is InChI=1S/C38H52N4O4S/c1-7-38(39,8-2)22-12-17-34(44)41(5)33(24-28-18-20-30(21-19-28)29-14-10-9-11-15-29)36(46)42(6)32(25-31-16-13-23-47-31)35(45)40-26-37(3,4)27-43/h9-21,23,32-33,43H,7-8,22,24-27,39H2,1-6H3,(H,40,45)/b17-12+/t32-,33-/m1/s1. The SMILES string of the molecule is CCC(N)(CC)C/C=C/C(=O)N(C)[C@H](Cc1ccc(-c2ccccc2)cc1)C(=O)N(C)[C@H](Cc1cccs1)C(=O)NCC(C)(C)CO. The van der Waals surface area contributed by atoms with Crippen molar-refractivity contribution in [2.45, 2.75) is 77.4 Å². The van der Waals surface area contributed by atoms with E-state index in [1.165, 1.54) is 27.2 Å². The molecule has 0 bridgehead atoms. The van der Waals surface area contributed by atoms with E-state index in [9.17, 15) is 19.5 Å². The molecular weight excluding hydrogens is 609 g/mol. The number of hydrogen-bond acceptors (Lipinski definition) is 6. The van der Waals surface area contributed by atoms with Crippen LogP contribution in [0.1, 0.15) is 57.4 Å². The van der Waals surface area contributed by atoms with Gasteiger partial charge in [-0.2, -0.15) is 0 Å². The van der Waals surface area contributed by atoms with E-state index in [1.807, 2.05) is 99.8 Å². The van der Waals surface area contributed by atoms with Crippen LogP contribution in [-0.2, 0) is 27.2 Å². The average molecular weight is 661 g/mol. The summed E-state index contributed by atoms with van der Waals surface area (Å²) >= 11 is 1.52. The number of nitrogens with one attached hydrogen (secondary N) is 1. The van der Waals surface area contributed by atoms with Crippen molar-refractivity contribution in [3.05, 3.63) is 94.7 Å². The molecule has 1 heterocycles. The number of thiophene rings is 1. The Morgan fingerprint density at radius 2 is 1.53 bits per heavy atom. The second kappa shape index (κ2) is 17.4. The van der Waals surface area contributed by atoms with Crippen molar-refractivity contribution in [2.75, 3.05) is 27.2 Å². The molecule has 0 aliphatic rings. The Morgan fingerprint density at radius 1 is 0.894 bits per heavy atom. The van der Waals surface area contributed by atoms with E-state index in [1.54, 1.807) is 20.2 Å². The summed E-state index contributed by atoms with van der Waals surface area (Å²) in [5.41, 5.74) is 8.58. The van der Waals surface area contributed by atoms with Gasteiger partial charge in [0, 0.05) is 55.9 Å². The van der Waals surface area contributed by atoms with Crippen molar-refractivity contribution in [3.63, 3.8) is 0 Å². The molecule has 4 N–H and O–H groups in total. The van der Waals surface area contributed by atoms with E-state index in [-0.39, 0.29) is 37.3 Å². The van der Waals surface area contributed by atoms with Gasteiger partial charge in [0.15, 0.2) is 0 Å². The maximum atomic E-state index is 14.4. The van der Waals surface area contributed by atoms with Crippen LogP contribution in [0.2, 0.25) is 0 Å². The van der Waals surface area contributed by atoms with Gasteiger partial charge in [-0.15, -0.1) is 11.3 Å². The molecule has 0 aliphatic heterocycles. The van der Waals surface area contributed by atoms with E-state index in [2.05, 4.69) is 5.32 Å². The fourth-order valence-electron chi connectivity index (χ4n) is 5.19. The Kier molecular flexibility index (Phi) is 13.9. The Hall–Kier alpha value is -3.79. The van der Waals surface area contributed by atoms with Crippen molar-refractivity contribution in [2.24, 2.45) is 11.1 Å². The predicted molar refractivity (Wildman–Crippen MR) is 192 cm³/mol. The molecule has 2 atom stereocenters. The summed E-state index contributed by atoms with van der Waals surface area (Å²) in [6, 6.07) is 20.2. The van der Waals surface area contributed by atoms with Crippen LogP contribution >= 0.6 is 11.3 Å². The fourth-order valence-corrected chi connectivity index (χ4v) is 5.94. The minimum atomic E-state index is -0.868. The highest BCUT2D eigenvalue weighted by Gasteiger charge is 2.35. The van der Waals surface area contributed by atoms with Gasteiger partial charge in [-0.05, 0) is 53.5 Å². The molecule has 0 fully saturated rings. The van der Waals surface area contributed by atoms with Crippen LogP contribution in [0.15, 0.2) is 84.3 Å².